The van der Waals surface area contributed by atoms with Gasteiger partial charge in [0, 0.05) is 5.92 Å². The fourth-order valence-electron chi connectivity index (χ4n) is 8.65. The summed E-state index contributed by atoms with van der Waals surface area (Å²) in [5, 5.41) is 23.5. The van der Waals surface area contributed by atoms with Gasteiger partial charge in [-0.05, 0) is 81.0 Å². The van der Waals surface area contributed by atoms with E-state index in [-0.39, 0.29) is 23.7 Å². The number of ketones is 4. The molecule has 4 aliphatic rings. The van der Waals surface area contributed by atoms with Gasteiger partial charge in [0.2, 0.25) is 5.91 Å². The summed E-state index contributed by atoms with van der Waals surface area (Å²) in [6.45, 7) is 4.40. The predicted molar refractivity (Wildman–Crippen MR) is 155 cm³/mol. The van der Waals surface area contributed by atoms with E-state index in [0.717, 1.165) is 50.5 Å². The van der Waals surface area contributed by atoms with E-state index in [1.807, 2.05) is 12.1 Å². The van der Waals surface area contributed by atoms with E-state index in [0.29, 0.717) is 23.8 Å². The van der Waals surface area contributed by atoms with Gasteiger partial charge < -0.3 is 15.9 Å². The van der Waals surface area contributed by atoms with Crippen molar-refractivity contribution < 1.29 is 34.2 Å². The van der Waals surface area contributed by atoms with Crippen LogP contribution in [0.25, 0.3) is 0 Å². The Morgan fingerprint density at radius 1 is 1.10 bits per heavy atom. The second-order valence-electron chi connectivity index (χ2n) is 13.6. The minimum Gasteiger partial charge on any atom is -0.507 e. The fraction of sp³-hybridized carbons (Fsp3) is 0.667. The Kier molecular flexibility index (Phi) is 8.22. The molecule has 9 heteroatoms. The summed E-state index contributed by atoms with van der Waals surface area (Å²) in [5.74, 6) is -8.75. The number of aliphatic hydroxyl groups is 1. The number of carbonyl (C=O) groups is 5. The first-order valence-corrected chi connectivity index (χ1v) is 15.5. The third kappa shape index (κ3) is 4.64. The van der Waals surface area contributed by atoms with Gasteiger partial charge in [0.15, 0.2) is 34.7 Å². The van der Waals surface area contributed by atoms with E-state index in [2.05, 4.69) is 13.8 Å². The molecule has 3 unspecified atom stereocenters. The molecule has 0 bridgehead atoms. The van der Waals surface area contributed by atoms with Gasteiger partial charge in [-0.15, -0.1) is 0 Å². The van der Waals surface area contributed by atoms with Crippen molar-refractivity contribution in [3.8, 4) is 5.75 Å². The van der Waals surface area contributed by atoms with Crippen LogP contribution in [0.4, 0.5) is 0 Å². The number of hydrogen-bond acceptors (Lipinski definition) is 8. The number of amides is 1. The van der Waals surface area contributed by atoms with Crippen molar-refractivity contribution in [2.75, 3.05) is 14.1 Å². The molecule has 0 spiro atoms. The number of carbonyl (C=O) groups excluding carboxylic acids is 5. The highest BCUT2D eigenvalue weighted by molar-refractivity contribution is 6.32. The Balaban J connectivity index is 1.55. The van der Waals surface area contributed by atoms with Gasteiger partial charge in [-0.1, -0.05) is 51.7 Å². The highest BCUT2D eigenvalue weighted by Crippen LogP contribution is 2.52. The summed E-state index contributed by atoms with van der Waals surface area (Å²) in [6.07, 6.45) is 7.64. The number of rotatable bonds is 7. The molecule has 4 aliphatic carbocycles. The molecule has 1 amide bonds. The van der Waals surface area contributed by atoms with Gasteiger partial charge in [0.05, 0.1) is 17.5 Å². The lowest BCUT2D eigenvalue weighted by Crippen LogP contribution is -2.74. The highest BCUT2D eigenvalue weighted by atomic mass is 16.3. The maximum absolute atomic E-state index is 14.1. The Morgan fingerprint density at radius 3 is 2.36 bits per heavy atom. The molecule has 228 valence electrons. The lowest BCUT2D eigenvalue weighted by molar-refractivity contribution is -0.181. The number of phenols is 1. The molecule has 0 aliphatic heterocycles. The average Bonchev–Trinajstić information content (AvgIpc) is 2.92. The molecule has 1 aromatic rings. The molecule has 0 radical (unpaired) electrons. The normalized spacial score (nSPS) is 35.4. The molecule has 0 heterocycles. The van der Waals surface area contributed by atoms with Crippen molar-refractivity contribution in [2.24, 2.45) is 41.2 Å². The number of nitrogens with zero attached hydrogens (tertiary/aromatic N) is 1. The zero-order valence-corrected chi connectivity index (χ0v) is 25.1. The first-order chi connectivity index (χ1) is 19.8. The van der Waals surface area contributed by atoms with Crippen molar-refractivity contribution in [3.05, 3.63) is 28.8 Å². The molecule has 5 rings (SSSR count). The molecule has 3 saturated carbocycles. The smallest absolute Gasteiger partial charge is 0.235 e. The molecule has 3 fully saturated rings. The van der Waals surface area contributed by atoms with Crippen LogP contribution in [0.15, 0.2) is 12.1 Å². The van der Waals surface area contributed by atoms with Gasteiger partial charge in [-0.3, -0.25) is 28.9 Å². The standard InChI is InChI=1S/C33H44N2O7/c1-5-6-7-20(17-10-8-16(2)9-11-17)21-13-12-18-14-19-15-22-26(35(3)4)29(38)25(32(34)41)31(40)33(22,42)30(39)24(19)28(37)23(18)27(21)36/h12-13,16-17,19-20,22,24-26,36,42H,5-11,14-15H2,1-4H3,(H2,34,41)/t16?,17?,19-,20?,22-,24?,25?,26-,33-/m1/s1. The minimum atomic E-state index is -2.70. The first kappa shape index (κ1) is 30.5. The lowest BCUT2D eigenvalue weighted by Gasteiger charge is -2.52. The number of phenolic OH excluding ortho intramolecular Hbond substituents is 1. The Morgan fingerprint density at radius 2 is 1.76 bits per heavy atom. The monoisotopic (exact) mass is 580 g/mol. The van der Waals surface area contributed by atoms with Crippen LogP contribution in [-0.2, 0) is 25.6 Å². The van der Waals surface area contributed by atoms with E-state index >= 15 is 0 Å². The number of Topliss-reactive ketones (excluding diaryl/α,β-unsaturated/α-hetero) is 4. The number of nitrogens with two attached hydrogens (primary N) is 1. The Hall–Kier alpha value is -2.91. The van der Waals surface area contributed by atoms with Gasteiger partial charge >= 0.3 is 0 Å². The third-order valence-corrected chi connectivity index (χ3v) is 10.9. The summed E-state index contributed by atoms with van der Waals surface area (Å²) >= 11 is 0. The van der Waals surface area contributed by atoms with Crippen LogP contribution in [0.2, 0.25) is 0 Å². The average molecular weight is 581 g/mol. The topological polar surface area (TPSA) is 155 Å². The van der Waals surface area contributed by atoms with Gasteiger partial charge in [-0.25, -0.2) is 0 Å². The first-order valence-electron chi connectivity index (χ1n) is 15.5. The minimum absolute atomic E-state index is 0.0613. The van der Waals surface area contributed by atoms with Gasteiger partial charge in [0.25, 0.3) is 0 Å². The largest absolute Gasteiger partial charge is 0.507 e. The van der Waals surface area contributed by atoms with Crippen LogP contribution < -0.4 is 5.73 Å². The van der Waals surface area contributed by atoms with Crippen molar-refractivity contribution >= 4 is 29.0 Å². The van der Waals surface area contributed by atoms with Crippen LogP contribution >= 0.6 is 0 Å². The number of likely N-dealkylation sites (N-methyl/N-ethyl adjacent to an activating group) is 1. The summed E-state index contributed by atoms with van der Waals surface area (Å²) in [5.41, 5.74) is 4.17. The number of aromatic hydroxyl groups is 1. The lowest BCUT2D eigenvalue weighted by atomic mass is 9.52. The van der Waals surface area contributed by atoms with E-state index in [1.54, 1.807) is 14.1 Å². The number of benzene rings is 1. The van der Waals surface area contributed by atoms with Crippen LogP contribution in [0.5, 0.6) is 5.75 Å². The predicted octanol–water partition coefficient (Wildman–Crippen LogP) is 2.97. The van der Waals surface area contributed by atoms with Crippen LogP contribution in [-0.4, -0.2) is 69.9 Å². The van der Waals surface area contributed by atoms with Crippen molar-refractivity contribution in [2.45, 2.75) is 89.2 Å². The number of unbranched alkanes of at least 4 members (excludes halogenated alkanes) is 1. The van der Waals surface area contributed by atoms with Crippen molar-refractivity contribution in [3.63, 3.8) is 0 Å². The number of hydrogen-bond donors (Lipinski definition) is 3. The maximum Gasteiger partial charge on any atom is 0.235 e. The van der Waals surface area contributed by atoms with E-state index < -0.39 is 64.4 Å². The zero-order chi connectivity index (χ0) is 30.7. The molecular formula is C33H44N2O7. The van der Waals surface area contributed by atoms with Crippen molar-refractivity contribution in [1.82, 2.24) is 4.90 Å². The fourth-order valence-corrected chi connectivity index (χ4v) is 8.65. The molecule has 0 aromatic heterocycles. The van der Waals surface area contributed by atoms with Crippen LogP contribution in [0, 0.1) is 35.5 Å². The second-order valence-corrected chi connectivity index (χ2v) is 13.6. The summed E-state index contributed by atoms with van der Waals surface area (Å²) in [4.78, 5) is 68.6. The van der Waals surface area contributed by atoms with Crippen LogP contribution in [0.1, 0.15) is 92.6 Å². The molecule has 4 N–H and O–H groups in total. The molecule has 42 heavy (non-hydrogen) atoms. The maximum atomic E-state index is 14.1. The third-order valence-electron chi connectivity index (χ3n) is 10.9. The second kappa shape index (κ2) is 11.3. The van der Waals surface area contributed by atoms with E-state index in [1.165, 1.54) is 4.90 Å². The number of primary amides is 1. The zero-order valence-electron chi connectivity index (χ0n) is 25.1. The molecule has 9 nitrogen and oxygen atoms in total. The molecule has 1 aromatic carbocycles. The summed E-state index contributed by atoms with van der Waals surface area (Å²) in [6, 6.07) is 2.73. The molecule has 7 atom stereocenters. The molecule has 0 saturated heterocycles. The summed E-state index contributed by atoms with van der Waals surface area (Å²) in [7, 11) is 3.16. The van der Waals surface area contributed by atoms with Gasteiger partial charge in [0.1, 0.15) is 5.75 Å². The number of fused-ring (bicyclic) bond motifs is 3. The summed E-state index contributed by atoms with van der Waals surface area (Å²) < 4.78 is 0. The van der Waals surface area contributed by atoms with E-state index in [9.17, 15) is 34.2 Å². The highest BCUT2D eigenvalue weighted by Gasteiger charge is 2.69. The van der Waals surface area contributed by atoms with E-state index in [4.69, 9.17) is 5.73 Å². The van der Waals surface area contributed by atoms with Crippen molar-refractivity contribution in [1.29, 1.82) is 0 Å². The van der Waals surface area contributed by atoms with Gasteiger partial charge in [-0.2, -0.15) is 0 Å². The molecular weight excluding hydrogens is 536 g/mol. The quantitative estimate of drug-likeness (QED) is 0.416. The SMILES string of the molecule is CCCCC(c1ccc2c(c1O)C(=O)C1C(=O)[C@@]3(O)C(=O)C(C(N)=O)C(=O)[C@H](N(C)C)[C@H]3C[C@H]1C2)C1CCC(C)CC1. The Bertz CT molecular complexity index is 1310. The van der Waals surface area contributed by atoms with Crippen LogP contribution in [0.3, 0.4) is 0 Å². The Labute approximate surface area is 247 Å².